The van der Waals surface area contributed by atoms with Gasteiger partial charge in [-0.1, -0.05) is 31.2 Å². The van der Waals surface area contributed by atoms with Gasteiger partial charge in [-0.3, -0.25) is 19.8 Å². The van der Waals surface area contributed by atoms with Gasteiger partial charge in [0, 0.05) is 17.7 Å². The summed E-state index contributed by atoms with van der Waals surface area (Å²) in [6.45, 7) is 1.96. The molecule has 24 heavy (non-hydrogen) atoms. The summed E-state index contributed by atoms with van der Waals surface area (Å²) in [4.78, 5) is 28.1. The maximum absolute atomic E-state index is 12.3. The molecule has 1 aliphatic carbocycles. The second-order valence-electron chi connectivity index (χ2n) is 5.65. The Hall–Kier alpha value is -2.99. The standard InChI is InChI=1S/C18H17N3O3/c1-11-14-9-13(18(23)21-24)10-19-16(14)8-7-15(11)20-17(22)12-5-3-2-4-6-12/h2-11,15,24H,1H3,(H,20,22)(H,21,23). The van der Waals surface area contributed by atoms with Crippen molar-refractivity contribution in [1.82, 2.24) is 15.8 Å². The third-order valence-corrected chi connectivity index (χ3v) is 4.14. The number of benzene rings is 1. The van der Waals surface area contributed by atoms with E-state index in [1.54, 1.807) is 23.7 Å². The number of aromatic nitrogens is 1. The van der Waals surface area contributed by atoms with Gasteiger partial charge in [0.1, 0.15) is 0 Å². The Morgan fingerprint density at radius 1 is 1.12 bits per heavy atom. The second kappa shape index (κ2) is 6.64. The molecule has 0 bridgehead atoms. The molecule has 1 aliphatic rings. The van der Waals surface area contributed by atoms with Gasteiger partial charge in [0.05, 0.1) is 17.3 Å². The van der Waals surface area contributed by atoms with Crippen LogP contribution in [-0.4, -0.2) is 28.0 Å². The number of nitrogens with zero attached hydrogens (tertiary/aromatic N) is 1. The highest BCUT2D eigenvalue weighted by Gasteiger charge is 2.26. The number of rotatable bonds is 3. The predicted octanol–water partition coefficient (Wildman–Crippen LogP) is 2.13. The fourth-order valence-electron chi connectivity index (χ4n) is 2.74. The van der Waals surface area contributed by atoms with Gasteiger partial charge in [0.2, 0.25) is 0 Å². The summed E-state index contributed by atoms with van der Waals surface area (Å²) in [6.07, 6.45) is 5.13. The van der Waals surface area contributed by atoms with Crippen molar-refractivity contribution >= 4 is 17.9 Å². The highest BCUT2D eigenvalue weighted by atomic mass is 16.5. The van der Waals surface area contributed by atoms with E-state index < -0.39 is 5.91 Å². The van der Waals surface area contributed by atoms with Crippen molar-refractivity contribution in [2.45, 2.75) is 18.9 Å². The summed E-state index contributed by atoms with van der Waals surface area (Å²) in [7, 11) is 0. The van der Waals surface area contributed by atoms with Crippen LogP contribution in [0.1, 0.15) is 44.8 Å². The first-order valence-electron chi connectivity index (χ1n) is 7.58. The highest BCUT2D eigenvalue weighted by molar-refractivity contribution is 5.95. The summed E-state index contributed by atoms with van der Waals surface area (Å²) in [6, 6.07) is 10.5. The SMILES string of the molecule is CC1c2cc(C(=O)NO)cnc2C=CC1NC(=O)c1ccccc1. The topological polar surface area (TPSA) is 91.3 Å². The van der Waals surface area contributed by atoms with Gasteiger partial charge in [-0.2, -0.15) is 0 Å². The summed E-state index contributed by atoms with van der Waals surface area (Å²) in [5.74, 6) is -0.828. The monoisotopic (exact) mass is 323 g/mol. The van der Waals surface area contributed by atoms with Crippen LogP contribution in [0.3, 0.4) is 0 Å². The summed E-state index contributed by atoms with van der Waals surface area (Å²) >= 11 is 0. The van der Waals surface area contributed by atoms with E-state index in [-0.39, 0.29) is 23.4 Å². The van der Waals surface area contributed by atoms with Crippen LogP contribution in [0.25, 0.3) is 6.08 Å². The van der Waals surface area contributed by atoms with Gasteiger partial charge in [-0.15, -0.1) is 0 Å². The summed E-state index contributed by atoms with van der Waals surface area (Å²) in [5, 5.41) is 11.7. The summed E-state index contributed by atoms with van der Waals surface area (Å²) < 4.78 is 0. The van der Waals surface area contributed by atoms with E-state index in [1.165, 1.54) is 6.20 Å². The lowest BCUT2D eigenvalue weighted by Gasteiger charge is -2.27. The molecule has 6 heteroatoms. The van der Waals surface area contributed by atoms with Crippen LogP contribution in [0.5, 0.6) is 0 Å². The number of carbonyl (C=O) groups is 2. The fraction of sp³-hybridized carbons (Fsp3) is 0.167. The largest absolute Gasteiger partial charge is 0.345 e. The smallest absolute Gasteiger partial charge is 0.276 e. The first-order chi connectivity index (χ1) is 11.6. The molecule has 1 aromatic carbocycles. The zero-order chi connectivity index (χ0) is 17.1. The molecule has 2 amide bonds. The molecule has 2 aromatic rings. The van der Waals surface area contributed by atoms with Gasteiger partial charge in [-0.05, 0) is 29.8 Å². The van der Waals surface area contributed by atoms with E-state index in [4.69, 9.17) is 5.21 Å². The maximum Gasteiger partial charge on any atom is 0.276 e. The minimum Gasteiger partial charge on any atom is -0.345 e. The van der Waals surface area contributed by atoms with Crippen LogP contribution >= 0.6 is 0 Å². The first-order valence-corrected chi connectivity index (χ1v) is 7.58. The Labute approximate surface area is 139 Å². The molecule has 0 fully saturated rings. The van der Waals surface area contributed by atoms with Gasteiger partial charge in [-0.25, -0.2) is 5.48 Å². The maximum atomic E-state index is 12.3. The summed E-state index contributed by atoms with van der Waals surface area (Å²) in [5.41, 5.74) is 4.06. The Kier molecular flexibility index (Phi) is 4.39. The minimum atomic E-state index is -0.614. The molecule has 2 unspecified atom stereocenters. The van der Waals surface area contributed by atoms with Crippen LogP contribution in [0.2, 0.25) is 0 Å². The number of carbonyl (C=O) groups excluding carboxylic acids is 2. The number of pyridine rings is 1. The number of nitrogens with one attached hydrogen (secondary N) is 2. The quantitative estimate of drug-likeness (QED) is 0.596. The number of fused-ring (bicyclic) bond motifs is 1. The van der Waals surface area contributed by atoms with Gasteiger partial charge < -0.3 is 5.32 Å². The molecule has 0 aliphatic heterocycles. The molecule has 3 rings (SSSR count). The molecule has 0 spiro atoms. The molecule has 0 saturated carbocycles. The molecule has 6 nitrogen and oxygen atoms in total. The lowest BCUT2D eigenvalue weighted by Crippen LogP contribution is -2.38. The molecule has 3 N–H and O–H groups in total. The average molecular weight is 323 g/mol. The number of hydroxylamine groups is 1. The van der Waals surface area contributed by atoms with Gasteiger partial charge in [0.25, 0.3) is 11.8 Å². The third-order valence-electron chi connectivity index (χ3n) is 4.14. The van der Waals surface area contributed by atoms with Gasteiger partial charge >= 0.3 is 0 Å². The van der Waals surface area contributed by atoms with Crippen molar-refractivity contribution in [3.8, 4) is 0 Å². The second-order valence-corrected chi connectivity index (χ2v) is 5.65. The Bertz CT molecular complexity index is 802. The number of amides is 2. The molecular formula is C18H17N3O3. The van der Waals surface area contributed by atoms with Gasteiger partial charge in [0.15, 0.2) is 0 Å². The molecule has 1 aromatic heterocycles. The molecular weight excluding hydrogens is 306 g/mol. The zero-order valence-corrected chi connectivity index (χ0v) is 13.1. The molecule has 1 heterocycles. The van der Waals surface area contributed by atoms with Crippen LogP contribution in [0, 0.1) is 0 Å². The Morgan fingerprint density at radius 2 is 1.88 bits per heavy atom. The van der Waals surface area contributed by atoms with Crippen LogP contribution in [0.15, 0.2) is 48.7 Å². The van der Waals surface area contributed by atoms with Crippen LogP contribution in [0.4, 0.5) is 0 Å². The van der Waals surface area contributed by atoms with Crippen LogP contribution in [-0.2, 0) is 0 Å². The van der Waals surface area contributed by atoms with Crippen molar-refractivity contribution < 1.29 is 14.8 Å². The molecule has 122 valence electrons. The van der Waals surface area contributed by atoms with Crippen molar-refractivity contribution in [2.75, 3.05) is 0 Å². The van der Waals surface area contributed by atoms with E-state index in [0.717, 1.165) is 11.3 Å². The molecule has 0 radical (unpaired) electrons. The zero-order valence-electron chi connectivity index (χ0n) is 13.1. The van der Waals surface area contributed by atoms with Crippen molar-refractivity contribution in [3.63, 3.8) is 0 Å². The molecule has 0 saturated heterocycles. The van der Waals surface area contributed by atoms with Crippen molar-refractivity contribution in [1.29, 1.82) is 0 Å². The van der Waals surface area contributed by atoms with E-state index in [0.29, 0.717) is 5.56 Å². The highest BCUT2D eigenvalue weighted by Crippen LogP contribution is 2.29. The van der Waals surface area contributed by atoms with E-state index in [2.05, 4.69) is 10.3 Å². The van der Waals surface area contributed by atoms with Crippen molar-refractivity contribution in [3.05, 3.63) is 71.1 Å². The van der Waals surface area contributed by atoms with Crippen LogP contribution < -0.4 is 10.8 Å². The number of hydrogen-bond donors (Lipinski definition) is 3. The Morgan fingerprint density at radius 3 is 2.58 bits per heavy atom. The minimum absolute atomic E-state index is 0.0587. The first kappa shape index (κ1) is 15.9. The number of hydrogen-bond acceptors (Lipinski definition) is 4. The van der Waals surface area contributed by atoms with Crippen molar-refractivity contribution in [2.24, 2.45) is 0 Å². The lowest BCUT2D eigenvalue weighted by atomic mass is 9.86. The molecule has 2 atom stereocenters. The predicted molar refractivity (Wildman–Crippen MR) is 88.6 cm³/mol. The van der Waals surface area contributed by atoms with E-state index in [9.17, 15) is 9.59 Å². The Balaban J connectivity index is 1.82. The third kappa shape index (κ3) is 3.04. The lowest BCUT2D eigenvalue weighted by molar-refractivity contribution is 0.0705. The average Bonchev–Trinajstić information content (AvgIpc) is 2.63. The van der Waals surface area contributed by atoms with E-state index >= 15 is 0 Å². The van der Waals surface area contributed by atoms with E-state index in [1.807, 2.05) is 37.3 Å². The normalized spacial score (nSPS) is 18.6. The fourth-order valence-corrected chi connectivity index (χ4v) is 2.74.